The molecule has 0 radical (unpaired) electrons. The average molecular weight is 261 g/mol. The Labute approximate surface area is 113 Å². The minimum atomic E-state index is -0.958. The van der Waals surface area contributed by atoms with Crippen molar-refractivity contribution in [1.29, 1.82) is 0 Å². The van der Waals surface area contributed by atoms with E-state index in [1.807, 2.05) is 32.9 Å². The SMILES string of the molecule is COC(=O)C1(C(=O)Nc2ccc(C)c(C)c2C)CC1. The zero-order chi connectivity index (χ0) is 14.2. The van der Waals surface area contributed by atoms with Crippen molar-refractivity contribution in [3.8, 4) is 0 Å². The molecule has 19 heavy (non-hydrogen) atoms. The van der Waals surface area contributed by atoms with Gasteiger partial charge < -0.3 is 10.1 Å². The summed E-state index contributed by atoms with van der Waals surface area (Å²) in [6.07, 6.45) is 1.13. The summed E-state index contributed by atoms with van der Waals surface area (Å²) in [6.45, 7) is 6.02. The summed E-state index contributed by atoms with van der Waals surface area (Å²) in [5.74, 6) is -0.697. The fourth-order valence-electron chi connectivity index (χ4n) is 2.18. The Balaban J connectivity index is 2.21. The van der Waals surface area contributed by atoms with Gasteiger partial charge in [0.15, 0.2) is 0 Å². The molecule has 102 valence electrons. The van der Waals surface area contributed by atoms with E-state index in [4.69, 9.17) is 4.74 Å². The van der Waals surface area contributed by atoms with E-state index in [1.54, 1.807) is 0 Å². The molecule has 1 aliphatic carbocycles. The molecular weight excluding hydrogens is 242 g/mol. The van der Waals surface area contributed by atoms with Gasteiger partial charge in [-0.05, 0) is 56.4 Å². The molecule has 1 amide bonds. The van der Waals surface area contributed by atoms with Crippen LogP contribution < -0.4 is 5.32 Å². The summed E-state index contributed by atoms with van der Waals surface area (Å²) >= 11 is 0. The lowest BCUT2D eigenvalue weighted by atomic mass is 10.0. The van der Waals surface area contributed by atoms with Crippen LogP contribution in [0.1, 0.15) is 29.5 Å². The maximum absolute atomic E-state index is 12.2. The first kappa shape index (κ1) is 13.6. The van der Waals surface area contributed by atoms with E-state index in [0.29, 0.717) is 12.8 Å². The van der Waals surface area contributed by atoms with Crippen molar-refractivity contribution in [2.45, 2.75) is 33.6 Å². The van der Waals surface area contributed by atoms with Crippen molar-refractivity contribution in [1.82, 2.24) is 0 Å². The van der Waals surface area contributed by atoms with Crippen LogP contribution in [-0.4, -0.2) is 19.0 Å². The molecular formula is C15H19NO3. The van der Waals surface area contributed by atoms with Gasteiger partial charge in [0.1, 0.15) is 5.41 Å². The minimum Gasteiger partial charge on any atom is -0.468 e. The predicted molar refractivity (Wildman–Crippen MR) is 73.0 cm³/mol. The first-order chi connectivity index (χ1) is 8.92. The normalized spacial score (nSPS) is 15.8. The van der Waals surface area contributed by atoms with Crippen LogP contribution in [0, 0.1) is 26.2 Å². The number of methoxy groups -OCH3 is 1. The van der Waals surface area contributed by atoms with E-state index in [2.05, 4.69) is 5.32 Å². The Bertz CT molecular complexity index is 545. The lowest BCUT2D eigenvalue weighted by molar-refractivity contribution is -0.150. The van der Waals surface area contributed by atoms with Gasteiger partial charge in [-0.1, -0.05) is 6.07 Å². The Morgan fingerprint density at radius 3 is 2.32 bits per heavy atom. The number of carbonyl (C=O) groups is 2. The maximum atomic E-state index is 12.2. The average Bonchev–Trinajstić information content (AvgIpc) is 3.20. The van der Waals surface area contributed by atoms with Crippen molar-refractivity contribution in [2.24, 2.45) is 5.41 Å². The number of amides is 1. The number of ether oxygens (including phenoxy) is 1. The van der Waals surface area contributed by atoms with Crippen LogP contribution >= 0.6 is 0 Å². The molecule has 0 atom stereocenters. The lowest BCUT2D eigenvalue weighted by Crippen LogP contribution is -2.32. The van der Waals surface area contributed by atoms with Crippen LogP contribution in [-0.2, 0) is 14.3 Å². The van der Waals surface area contributed by atoms with E-state index in [9.17, 15) is 9.59 Å². The number of rotatable bonds is 3. The van der Waals surface area contributed by atoms with Crippen molar-refractivity contribution in [3.05, 3.63) is 28.8 Å². The smallest absolute Gasteiger partial charge is 0.321 e. The van der Waals surface area contributed by atoms with Gasteiger partial charge in [-0.2, -0.15) is 0 Å². The third-order valence-electron chi connectivity index (χ3n) is 4.07. The number of hydrogen-bond donors (Lipinski definition) is 1. The monoisotopic (exact) mass is 261 g/mol. The van der Waals surface area contributed by atoms with Gasteiger partial charge in [-0.25, -0.2) is 0 Å². The predicted octanol–water partition coefficient (Wildman–Crippen LogP) is 2.50. The third-order valence-corrected chi connectivity index (χ3v) is 4.07. The number of benzene rings is 1. The zero-order valence-corrected chi connectivity index (χ0v) is 11.8. The van der Waals surface area contributed by atoms with Gasteiger partial charge in [0.05, 0.1) is 7.11 Å². The van der Waals surface area contributed by atoms with Gasteiger partial charge in [0, 0.05) is 5.69 Å². The number of nitrogens with one attached hydrogen (secondary N) is 1. The fourth-order valence-corrected chi connectivity index (χ4v) is 2.18. The first-order valence-electron chi connectivity index (χ1n) is 6.39. The summed E-state index contributed by atoms with van der Waals surface area (Å²) in [5.41, 5.74) is 3.18. The van der Waals surface area contributed by atoms with Crippen LogP contribution in [0.4, 0.5) is 5.69 Å². The molecule has 0 saturated heterocycles. The number of anilines is 1. The molecule has 2 rings (SSSR count). The molecule has 1 aromatic rings. The van der Waals surface area contributed by atoms with Gasteiger partial charge in [0.2, 0.25) is 5.91 Å². The van der Waals surface area contributed by atoms with Gasteiger partial charge in [-0.15, -0.1) is 0 Å². The highest BCUT2D eigenvalue weighted by atomic mass is 16.5. The summed E-state index contributed by atoms with van der Waals surface area (Å²) < 4.78 is 4.71. The van der Waals surface area contributed by atoms with Crippen molar-refractivity contribution in [2.75, 3.05) is 12.4 Å². The Hall–Kier alpha value is -1.84. The van der Waals surface area contributed by atoms with Crippen LogP contribution in [0.25, 0.3) is 0 Å². The van der Waals surface area contributed by atoms with E-state index >= 15 is 0 Å². The number of aryl methyl sites for hydroxylation is 1. The van der Waals surface area contributed by atoms with Crippen LogP contribution in [0.3, 0.4) is 0 Å². The van der Waals surface area contributed by atoms with E-state index in [0.717, 1.165) is 16.8 Å². The Kier molecular flexibility index (Phi) is 3.35. The fraction of sp³-hybridized carbons (Fsp3) is 0.467. The minimum absolute atomic E-state index is 0.259. The van der Waals surface area contributed by atoms with E-state index in [-0.39, 0.29) is 5.91 Å². The molecule has 0 spiro atoms. The highest BCUT2D eigenvalue weighted by molar-refractivity contribution is 6.11. The summed E-state index contributed by atoms with van der Waals surface area (Å²) in [4.78, 5) is 23.9. The van der Waals surface area contributed by atoms with Crippen LogP contribution in [0.15, 0.2) is 12.1 Å². The number of hydrogen-bond acceptors (Lipinski definition) is 3. The molecule has 0 aliphatic heterocycles. The number of carbonyl (C=O) groups excluding carboxylic acids is 2. The van der Waals surface area contributed by atoms with E-state index < -0.39 is 11.4 Å². The van der Waals surface area contributed by atoms with Gasteiger partial charge in [-0.3, -0.25) is 9.59 Å². The molecule has 4 heteroatoms. The van der Waals surface area contributed by atoms with Gasteiger partial charge in [0.25, 0.3) is 0 Å². The second kappa shape index (κ2) is 4.68. The first-order valence-corrected chi connectivity index (χ1v) is 6.39. The molecule has 1 aromatic carbocycles. The molecule has 1 N–H and O–H groups in total. The van der Waals surface area contributed by atoms with Crippen molar-refractivity contribution >= 4 is 17.6 Å². The van der Waals surface area contributed by atoms with E-state index in [1.165, 1.54) is 12.7 Å². The Morgan fingerprint density at radius 1 is 1.16 bits per heavy atom. The summed E-state index contributed by atoms with van der Waals surface area (Å²) in [5, 5.41) is 2.86. The number of esters is 1. The van der Waals surface area contributed by atoms with Crippen molar-refractivity contribution in [3.63, 3.8) is 0 Å². The summed E-state index contributed by atoms with van der Waals surface area (Å²) in [6, 6.07) is 3.85. The largest absolute Gasteiger partial charge is 0.468 e. The second-order valence-corrected chi connectivity index (χ2v) is 5.21. The third kappa shape index (κ3) is 2.23. The Morgan fingerprint density at radius 2 is 1.79 bits per heavy atom. The molecule has 1 aliphatic rings. The van der Waals surface area contributed by atoms with Crippen LogP contribution in [0.5, 0.6) is 0 Å². The molecule has 0 bridgehead atoms. The highest BCUT2D eigenvalue weighted by Gasteiger charge is 2.57. The highest BCUT2D eigenvalue weighted by Crippen LogP contribution is 2.47. The molecule has 1 saturated carbocycles. The van der Waals surface area contributed by atoms with Gasteiger partial charge >= 0.3 is 5.97 Å². The molecule has 0 heterocycles. The van der Waals surface area contributed by atoms with Crippen molar-refractivity contribution < 1.29 is 14.3 Å². The summed E-state index contributed by atoms with van der Waals surface area (Å²) in [7, 11) is 1.32. The zero-order valence-electron chi connectivity index (χ0n) is 11.8. The lowest BCUT2D eigenvalue weighted by Gasteiger charge is -2.16. The standard InChI is InChI=1S/C15H19NO3/c1-9-5-6-12(11(3)10(9)2)16-13(17)15(7-8-15)14(18)19-4/h5-6H,7-8H2,1-4H3,(H,16,17). The topological polar surface area (TPSA) is 55.4 Å². The maximum Gasteiger partial charge on any atom is 0.321 e. The van der Waals surface area contributed by atoms with Crippen LogP contribution in [0.2, 0.25) is 0 Å². The molecule has 0 aromatic heterocycles. The second-order valence-electron chi connectivity index (χ2n) is 5.21. The quantitative estimate of drug-likeness (QED) is 0.672. The molecule has 1 fully saturated rings. The molecule has 4 nitrogen and oxygen atoms in total. The molecule has 0 unspecified atom stereocenters.